The molecule has 0 saturated carbocycles. The number of benzene rings is 1. The summed E-state index contributed by atoms with van der Waals surface area (Å²) in [6.07, 6.45) is 3.66. The smallest absolute Gasteiger partial charge is 0.0366 e. The normalized spacial score (nSPS) is 18.6. The van der Waals surface area contributed by atoms with Gasteiger partial charge in [-0.05, 0) is 58.1 Å². The van der Waals surface area contributed by atoms with E-state index in [1.165, 1.54) is 37.2 Å². The molecule has 1 saturated heterocycles. The quantitative estimate of drug-likeness (QED) is 0.891. The van der Waals surface area contributed by atoms with Gasteiger partial charge in [0.25, 0.3) is 0 Å². The third-order valence-electron chi connectivity index (χ3n) is 4.61. The molecule has 1 atom stereocenters. The van der Waals surface area contributed by atoms with Crippen LogP contribution in [0.15, 0.2) is 24.3 Å². The molecule has 3 heteroatoms. The minimum Gasteiger partial charge on any atom is -0.371 e. The van der Waals surface area contributed by atoms with Crippen molar-refractivity contribution in [3.63, 3.8) is 0 Å². The summed E-state index contributed by atoms with van der Waals surface area (Å²) in [6.45, 7) is 4.57. The van der Waals surface area contributed by atoms with Crippen LogP contribution in [0.4, 0.5) is 5.69 Å². The van der Waals surface area contributed by atoms with Gasteiger partial charge in [0.2, 0.25) is 0 Å². The number of hydrogen-bond donors (Lipinski definition) is 1. The highest BCUT2D eigenvalue weighted by molar-refractivity contribution is 5.48. The maximum atomic E-state index is 3.37. The second-order valence-corrected chi connectivity index (χ2v) is 6.02. The van der Waals surface area contributed by atoms with Crippen molar-refractivity contribution in [3.05, 3.63) is 29.8 Å². The third-order valence-corrected chi connectivity index (χ3v) is 4.61. The highest BCUT2D eigenvalue weighted by Crippen LogP contribution is 2.24. The standard InChI is InChI=1S/C17H29N3/c1-5-17(18-2)14-6-8-16(9-7-14)20-12-10-15(11-13-20)19(3)4/h6-9,15,17-18H,5,10-13H2,1-4H3. The lowest BCUT2D eigenvalue weighted by atomic mass is 10.0. The van der Waals surface area contributed by atoms with Crippen molar-refractivity contribution < 1.29 is 0 Å². The Labute approximate surface area is 124 Å². The third kappa shape index (κ3) is 3.53. The number of nitrogens with zero attached hydrogens (tertiary/aromatic N) is 2. The van der Waals surface area contributed by atoms with Crippen LogP contribution in [0.3, 0.4) is 0 Å². The second-order valence-electron chi connectivity index (χ2n) is 6.02. The Morgan fingerprint density at radius 3 is 2.25 bits per heavy atom. The van der Waals surface area contributed by atoms with Gasteiger partial charge in [0.15, 0.2) is 0 Å². The van der Waals surface area contributed by atoms with E-state index in [0.29, 0.717) is 6.04 Å². The minimum absolute atomic E-state index is 0.475. The molecule has 1 aromatic rings. The maximum Gasteiger partial charge on any atom is 0.0366 e. The van der Waals surface area contributed by atoms with Gasteiger partial charge in [0.05, 0.1) is 0 Å². The molecular formula is C17H29N3. The van der Waals surface area contributed by atoms with Crippen LogP contribution in [0.2, 0.25) is 0 Å². The van der Waals surface area contributed by atoms with Gasteiger partial charge >= 0.3 is 0 Å². The van der Waals surface area contributed by atoms with Gasteiger partial charge in [-0.15, -0.1) is 0 Å². The fourth-order valence-electron chi connectivity index (χ4n) is 3.16. The van der Waals surface area contributed by atoms with Gasteiger partial charge in [0.1, 0.15) is 0 Å². The first-order valence-electron chi connectivity index (χ1n) is 7.84. The summed E-state index contributed by atoms with van der Waals surface area (Å²) in [5, 5.41) is 3.37. The van der Waals surface area contributed by atoms with Gasteiger partial charge < -0.3 is 15.1 Å². The molecule has 1 aliphatic rings. The Balaban J connectivity index is 1.97. The molecule has 0 radical (unpaired) electrons. The van der Waals surface area contributed by atoms with E-state index in [1.807, 2.05) is 7.05 Å². The number of piperidine rings is 1. The van der Waals surface area contributed by atoms with Crippen molar-refractivity contribution in [2.24, 2.45) is 0 Å². The van der Waals surface area contributed by atoms with E-state index in [9.17, 15) is 0 Å². The predicted octanol–water partition coefficient (Wildman–Crippen LogP) is 2.89. The molecule has 0 spiro atoms. The molecule has 3 nitrogen and oxygen atoms in total. The fourth-order valence-corrected chi connectivity index (χ4v) is 3.16. The van der Waals surface area contributed by atoms with E-state index in [2.05, 4.69) is 60.4 Å². The zero-order valence-electron chi connectivity index (χ0n) is 13.4. The van der Waals surface area contributed by atoms with Crippen LogP contribution >= 0.6 is 0 Å². The summed E-state index contributed by atoms with van der Waals surface area (Å²) in [5.41, 5.74) is 2.76. The molecule has 112 valence electrons. The highest BCUT2D eigenvalue weighted by atomic mass is 15.2. The Kier molecular flexibility index (Phi) is 5.44. The van der Waals surface area contributed by atoms with Gasteiger partial charge in [-0.25, -0.2) is 0 Å². The van der Waals surface area contributed by atoms with E-state index in [4.69, 9.17) is 0 Å². The van der Waals surface area contributed by atoms with Gasteiger partial charge in [-0.3, -0.25) is 0 Å². The molecule has 1 aromatic carbocycles. The van der Waals surface area contributed by atoms with Crippen molar-refractivity contribution in [1.82, 2.24) is 10.2 Å². The molecule has 2 rings (SSSR count). The number of rotatable bonds is 5. The zero-order valence-corrected chi connectivity index (χ0v) is 13.4. The molecule has 0 aromatic heterocycles. The number of hydrogen-bond acceptors (Lipinski definition) is 3. The van der Waals surface area contributed by atoms with E-state index in [-0.39, 0.29) is 0 Å². The predicted molar refractivity (Wildman–Crippen MR) is 87.5 cm³/mol. The number of anilines is 1. The van der Waals surface area contributed by atoms with E-state index in [1.54, 1.807) is 0 Å². The topological polar surface area (TPSA) is 18.5 Å². The maximum absolute atomic E-state index is 3.37. The first-order chi connectivity index (χ1) is 9.65. The van der Waals surface area contributed by atoms with Crippen LogP contribution < -0.4 is 10.2 Å². The van der Waals surface area contributed by atoms with Crippen molar-refractivity contribution >= 4 is 5.69 Å². The Morgan fingerprint density at radius 1 is 1.20 bits per heavy atom. The van der Waals surface area contributed by atoms with E-state index in [0.717, 1.165) is 12.5 Å². The molecule has 0 bridgehead atoms. The van der Waals surface area contributed by atoms with Crippen molar-refractivity contribution in [2.45, 2.75) is 38.3 Å². The van der Waals surface area contributed by atoms with Crippen molar-refractivity contribution in [1.29, 1.82) is 0 Å². The molecule has 1 N–H and O–H groups in total. The summed E-state index contributed by atoms with van der Waals surface area (Å²) in [5.74, 6) is 0. The second kappa shape index (κ2) is 7.09. The SMILES string of the molecule is CCC(NC)c1ccc(N2CCC(N(C)C)CC2)cc1. The van der Waals surface area contributed by atoms with Crippen LogP contribution in [0.5, 0.6) is 0 Å². The first kappa shape index (κ1) is 15.3. The monoisotopic (exact) mass is 275 g/mol. The zero-order chi connectivity index (χ0) is 14.5. The lowest BCUT2D eigenvalue weighted by molar-refractivity contribution is 0.249. The average Bonchev–Trinajstić information content (AvgIpc) is 2.49. The number of nitrogens with one attached hydrogen (secondary N) is 1. The average molecular weight is 275 g/mol. The highest BCUT2D eigenvalue weighted by Gasteiger charge is 2.20. The summed E-state index contributed by atoms with van der Waals surface area (Å²) in [4.78, 5) is 4.88. The molecule has 20 heavy (non-hydrogen) atoms. The van der Waals surface area contributed by atoms with Gasteiger partial charge in [-0.1, -0.05) is 19.1 Å². The van der Waals surface area contributed by atoms with E-state index < -0.39 is 0 Å². The molecule has 1 heterocycles. The largest absolute Gasteiger partial charge is 0.371 e. The molecule has 0 amide bonds. The minimum atomic E-state index is 0.475. The lowest BCUT2D eigenvalue weighted by Crippen LogP contribution is -2.41. The molecule has 1 unspecified atom stereocenters. The Bertz CT molecular complexity index is 387. The molecule has 0 aliphatic carbocycles. The van der Waals surface area contributed by atoms with Crippen LogP contribution in [0, 0.1) is 0 Å². The van der Waals surface area contributed by atoms with Crippen molar-refractivity contribution in [3.8, 4) is 0 Å². The molecule has 1 aliphatic heterocycles. The van der Waals surface area contributed by atoms with Crippen LogP contribution in [0.1, 0.15) is 37.8 Å². The van der Waals surface area contributed by atoms with Crippen LogP contribution in [0.25, 0.3) is 0 Å². The Hall–Kier alpha value is -1.06. The van der Waals surface area contributed by atoms with Gasteiger partial charge in [0, 0.05) is 30.9 Å². The summed E-state index contributed by atoms with van der Waals surface area (Å²) in [7, 11) is 6.42. The van der Waals surface area contributed by atoms with E-state index >= 15 is 0 Å². The lowest BCUT2D eigenvalue weighted by Gasteiger charge is -2.36. The fraction of sp³-hybridized carbons (Fsp3) is 0.647. The van der Waals surface area contributed by atoms with Crippen LogP contribution in [-0.4, -0.2) is 45.2 Å². The summed E-state index contributed by atoms with van der Waals surface area (Å²) >= 11 is 0. The Morgan fingerprint density at radius 2 is 1.80 bits per heavy atom. The summed E-state index contributed by atoms with van der Waals surface area (Å²) in [6, 6.07) is 10.3. The molecular weight excluding hydrogens is 246 g/mol. The van der Waals surface area contributed by atoms with Crippen LogP contribution in [-0.2, 0) is 0 Å². The van der Waals surface area contributed by atoms with Gasteiger partial charge in [-0.2, -0.15) is 0 Å². The summed E-state index contributed by atoms with van der Waals surface area (Å²) < 4.78 is 0. The van der Waals surface area contributed by atoms with Crippen molar-refractivity contribution in [2.75, 3.05) is 39.1 Å². The first-order valence-corrected chi connectivity index (χ1v) is 7.84. The molecule has 1 fully saturated rings.